The molecule has 1 aliphatic rings. The lowest BCUT2D eigenvalue weighted by Gasteiger charge is -2.13. The Morgan fingerprint density at radius 2 is 1.54 bits per heavy atom. The zero-order valence-electron chi connectivity index (χ0n) is 15.1. The SMILES string of the molecule is O=C(Cc1ccccc1)NC1N=C(c2ccccc2)c2ccccc2NC1=O. The number of carbonyl (C=O) groups excluding carboxylic acids is 2. The number of rotatable bonds is 4. The van der Waals surface area contributed by atoms with Crippen LogP contribution < -0.4 is 10.6 Å². The Hall–Kier alpha value is -3.73. The van der Waals surface area contributed by atoms with Crippen molar-refractivity contribution in [3.63, 3.8) is 0 Å². The minimum absolute atomic E-state index is 0.188. The number of para-hydroxylation sites is 1. The molecule has 0 saturated carbocycles. The quantitative estimate of drug-likeness (QED) is 0.742. The maximum atomic E-state index is 12.7. The topological polar surface area (TPSA) is 70.6 Å². The predicted molar refractivity (Wildman–Crippen MR) is 109 cm³/mol. The summed E-state index contributed by atoms with van der Waals surface area (Å²) < 4.78 is 0. The van der Waals surface area contributed by atoms with E-state index in [2.05, 4.69) is 15.6 Å². The van der Waals surface area contributed by atoms with Crippen LogP contribution in [0.5, 0.6) is 0 Å². The van der Waals surface area contributed by atoms with E-state index in [9.17, 15) is 9.59 Å². The molecule has 0 radical (unpaired) electrons. The minimum Gasteiger partial charge on any atom is -0.326 e. The Morgan fingerprint density at radius 1 is 0.893 bits per heavy atom. The molecule has 1 unspecified atom stereocenters. The van der Waals surface area contributed by atoms with Crippen molar-refractivity contribution in [1.29, 1.82) is 0 Å². The summed E-state index contributed by atoms with van der Waals surface area (Å²) in [5, 5.41) is 5.63. The number of hydrogen-bond acceptors (Lipinski definition) is 3. The van der Waals surface area contributed by atoms with E-state index < -0.39 is 6.17 Å². The highest BCUT2D eigenvalue weighted by atomic mass is 16.2. The van der Waals surface area contributed by atoms with Crippen LogP contribution in [0, 0.1) is 0 Å². The summed E-state index contributed by atoms with van der Waals surface area (Å²) in [5.41, 5.74) is 3.93. The van der Waals surface area contributed by atoms with Crippen LogP contribution in [0.2, 0.25) is 0 Å². The van der Waals surface area contributed by atoms with Crippen molar-refractivity contribution in [3.8, 4) is 0 Å². The second-order valence-corrected chi connectivity index (χ2v) is 6.51. The van der Waals surface area contributed by atoms with Gasteiger partial charge in [0.2, 0.25) is 12.1 Å². The molecule has 3 aromatic carbocycles. The molecule has 2 N–H and O–H groups in total. The van der Waals surface area contributed by atoms with Gasteiger partial charge in [-0.3, -0.25) is 9.59 Å². The van der Waals surface area contributed by atoms with Gasteiger partial charge in [-0.2, -0.15) is 0 Å². The number of fused-ring (bicyclic) bond motifs is 1. The van der Waals surface area contributed by atoms with Gasteiger partial charge >= 0.3 is 0 Å². The van der Waals surface area contributed by atoms with E-state index in [1.54, 1.807) is 0 Å². The second kappa shape index (κ2) is 7.88. The van der Waals surface area contributed by atoms with Gasteiger partial charge in [0.1, 0.15) is 0 Å². The first kappa shape index (κ1) is 17.7. The van der Waals surface area contributed by atoms with Crippen molar-refractivity contribution < 1.29 is 9.59 Å². The molecule has 1 heterocycles. The van der Waals surface area contributed by atoms with Crippen LogP contribution in [0.4, 0.5) is 5.69 Å². The van der Waals surface area contributed by atoms with E-state index in [0.29, 0.717) is 11.4 Å². The summed E-state index contributed by atoms with van der Waals surface area (Å²) in [5.74, 6) is -0.617. The fraction of sp³-hybridized carbons (Fsp3) is 0.0870. The first-order valence-electron chi connectivity index (χ1n) is 9.07. The molecule has 0 aromatic heterocycles. The Bertz CT molecular complexity index is 1030. The number of carbonyl (C=O) groups is 2. The third-order valence-corrected chi connectivity index (χ3v) is 4.50. The predicted octanol–water partition coefficient (Wildman–Crippen LogP) is 3.16. The van der Waals surface area contributed by atoms with Crippen LogP contribution in [-0.4, -0.2) is 23.7 Å². The summed E-state index contributed by atoms with van der Waals surface area (Å²) in [6.45, 7) is 0. The number of anilines is 1. The Kier molecular flexibility index (Phi) is 4.97. The molecule has 0 saturated heterocycles. The molecule has 138 valence electrons. The summed E-state index contributed by atoms with van der Waals surface area (Å²) in [4.78, 5) is 29.8. The summed E-state index contributed by atoms with van der Waals surface area (Å²) in [6.07, 6.45) is -0.813. The molecular weight excluding hydrogens is 350 g/mol. The largest absolute Gasteiger partial charge is 0.326 e. The Labute approximate surface area is 163 Å². The van der Waals surface area contributed by atoms with Gasteiger partial charge in [0, 0.05) is 11.1 Å². The number of aliphatic imine (C=N–C) groups is 1. The van der Waals surface area contributed by atoms with Gasteiger partial charge in [-0.1, -0.05) is 78.9 Å². The van der Waals surface area contributed by atoms with Crippen molar-refractivity contribution in [3.05, 3.63) is 102 Å². The van der Waals surface area contributed by atoms with E-state index in [4.69, 9.17) is 0 Å². The molecule has 0 spiro atoms. The smallest absolute Gasteiger partial charge is 0.269 e. The zero-order valence-corrected chi connectivity index (χ0v) is 15.1. The van der Waals surface area contributed by atoms with E-state index in [-0.39, 0.29) is 18.2 Å². The van der Waals surface area contributed by atoms with Gasteiger partial charge in [-0.15, -0.1) is 0 Å². The van der Waals surface area contributed by atoms with Crippen molar-refractivity contribution in [2.24, 2.45) is 4.99 Å². The van der Waals surface area contributed by atoms with Crippen molar-refractivity contribution >= 4 is 23.2 Å². The highest BCUT2D eigenvalue weighted by Gasteiger charge is 2.26. The number of nitrogens with one attached hydrogen (secondary N) is 2. The van der Waals surface area contributed by atoms with Gasteiger partial charge in [0.05, 0.1) is 17.8 Å². The maximum Gasteiger partial charge on any atom is 0.269 e. The summed E-state index contributed by atoms with van der Waals surface area (Å²) >= 11 is 0. The zero-order chi connectivity index (χ0) is 19.3. The van der Waals surface area contributed by atoms with Crippen LogP contribution in [0.1, 0.15) is 16.7 Å². The average molecular weight is 369 g/mol. The van der Waals surface area contributed by atoms with Crippen LogP contribution in [0.3, 0.4) is 0 Å². The van der Waals surface area contributed by atoms with Gasteiger partial charge in [0.25, 0.3) is 5.91 Å². The van der Waals surface area contributed by atoms with Gasteiger partial charge in [-0.05, 0) is 11.6 Å². The average Bonchev–Trinajstić information content (AvgIpc) is 2.86. The summed E-state index contributed by atoms with van der Waals surface area (Å²) in [6, 6.07) is 26.6. The van der Waals surface area contributed by atoms with Gasteiger partial charge in [0.15, 0.2) is 0 Å². The molecule has 1 atom stereocenters. The van der Waals surface area contributed by atoms with Gasteiger partial charge < -0.3 is 10.6 Å². The first-order chi connectivity index (χ1) is 13.7. The standard InChI is InChI=1S/C23H19N3O2/c27-20(15-16-9-3-1-4-10-16)25-22-23(28)24-19-14-8-7-13-18(19)21(26-22)17-11-5-2-6-12-17/h1-14,22H,15H2,(H,24,28)(H,25,27). The Balaban J connectivity index is 1.66. The molecule has 0 fully saturated rings. The van der Waals surface area contributed by atoms with E-state index in [1.165, 1.54) is 0 Å². The lowest BCUT2D eigenvalue weighted by Crippen LogP contribution is -2.43. The van der Waals surface area contributed by atoms with Crippen molar-refractivity contribution in [2.45, 2.75) is 12.6 Å². The second-order valence-electron chi connectivity index (χ2n) is 6.51. The number of benzene rings is 3. The molecule has 0 aliphatic carbocycles. The van der Waals surface area contributed by atoms with E-state index in [1.807, 2.05) is 84.9 Å². The Morgan fingerprint density at radius 3 is 2.29 bits per heavy atom. The molecule has 28 heavy (non-hydrogen) atoms. The van der Waals surface area contributed by atoms with Crippen LogP contribution in [0.15, 0.2) is 89.9 Å². The number of benzodiazepines with no additional fused rings is 1. The molecule has 4 rings (SSSR count). The fourth-order valence-corrected chi connectivity index (χ4v) is 3.17. The van der Waals surface area contributed by atoms with E-state index >= 15 is 0 Å². The highest BCUT2D eigenvalue weighted by molar-refractivity contribution is 6.19. The number of hydrogen-bond donors (Lipinski definition) is 2. The molecule has 3 aromatic rings. The molecule has 1 aliphatic heterocycles. The van der Waals surface area contributed by atoms with Crippen molar-refractivity contribution in [2.75, 3.05) is 5.32 Å². The molecule has 0 bridgehead atoms. The monoisotopic (exact) mass is 369 g/mol. The summed E-state index contributed by atoms with van der Waals surface area (Å²) in [7, 11) is 0. The molecular formula is C23H19N3O2. The lowest BCUT2D eigenvalue weighted by atomic mass is 10.0. The van der Waals surface area contributed by atoms with E-state index in [0.717, 1.165) is 16.7 Å². The first-order valence-corrected chi connectivity index (χ1v) is 9.07. The minimum atomic E-state index is -1.00. The molecule has 5 heteroatoms. The molecule has 5 nitrogen and oxygen atoms in total. The number of amides is 2. The fourth-order valence-electron chi connectivity index (χ4n) is 3.17. The van der Waals surface area contributed by atoms with Crippen LogP contribution in [-0.2, 0) is 16.0 Å². The normalized spacial score (nSPS) is 15.6. The highest BCUT2D eigenvalue weighted by Crippen LogP contribution is 2.23. The third kappa shape index (κ3) is 3.83. The lowest BCUT2D eigenvalue weighted by molar-refractivity contribution is -0.125. The maximum absolute atomic E-state index is 12.7. The molecule has 2 amide bonds. The van der Waals surface area contributed by atoms with Crippen molar-refractivity contribution in [1.82, 2.24) is 5.32 Å². The number of nitrogens with zero attached hydrogens (tertiary/aromatic N) is 1. The van der Waals surface area contributed by atoms with Crippen LogP contribution in [0.25, 0.3) is 0 Å². The third-order valence-electron chi connectivity index (χ3n) is 4.50. The van der Waals surface area contributed by atoms with Gasteiger partial charge in [-0.25, -0.2) is 4.99 Å². The van der Waals surface area contributed by atoms with Crippen LogP contribution >= 0.6 is 0 Å².